The second kappa shape index (κ2) is 12.3. The van der Waals surface area contributed by atoms with Crippen LogP contribution in [-0.4, -0.2) is 54.3 Å². The maximum atomic E-state index is 5.92. The number of anilines is 1. The van der Waals surface area contributed by atoms with Crippen LogP contribution in [0.3, 0.4) is 0 Å². The Morgan fingerprint density at radius 1 is 1.09 bits per heavy atom. The van der Waals surface area contributed by atoms with Gasteiger partial charge < -0.3 is 15.0 Å². The number of hydrogen-bond acceptors (Lipinski definition) is 3. The first-order valence-corrected chi connectivity index (χ1v) is 12.4. The van der Waals surface area contributed by atoms with Gasteiger partial charge in [0.2, 0.25) is 0 Å². The molecule has 0 radical (unpaired) electrons. The number of morpholine rings is 1. The van der Waals surface area contributed by atoms with E-state index < -0.39 is 0 Å². The molecule has 1 saturated heterocycles. The fourth-order valence-corrected chi connectivity index (χ4v) is 4.54. The summed E-state index contributed by atoms with van der Waals surface area (Å²) in [7, 11) is 0. The van der Waals surface area contributed by atoms with E-state index in [9.17, 15) is 0 Å². The monoisotopic (exact) mass is 453 g/mol. The number of thiocarbonyl (C=S) groups is 1. The third kappa shape index (κ3) is 7.03. The van der Waals surface area contributed by atoms with E-state index >= 15 is 0 Å². The van der Waals surface area contributed by atoms with E-state index in [1.165, 1.54) is 22.3 Å². The van der Waals surface area contributed by atoms with Crippen LogP contribution in [0, 0.1) is 6.92 Å². The van der Waals surface area contributed by atoms with Crippen molar-refractivity contribution in [1.82, 2.24) is 9.80 Å². The highest BCUT2D eigenvalue weighted by Crippen LogP contribution is 2.25. The molecule has 0 spiro atoms. The van der Waals surface area contributed by atoms with Gasteiger partial charge in [-0.15, -0.1) is 0 Å². The molecule has 1 heterocycles. The predicted octanol–water partition coefficient (Wildman–Crippen LogP) is 5.60. The van der Waals surface area contributed by atoms with Gasteiger partial charge in [-0.1, -0.05) is 57.2 Å². The fourth-order valence-electron chi connectivity index (χ4n) is 4.27. The normalized spacial score (nSPS) is 14.5. The van der Waals surface area contributed by atoms with Gasteiger partial charge in [-0.2, -0.15) is 0 Å². The van der Waals surface area contributed by atoms with Crippen LogP contribution in [0.2, 0.25) is 0 Å². The molecule has 0 aromatic heterocycles. The zero-order valence-corrected chi connectivity index (χ0v) is 21.0. The summed E-state index contributed by atoms with van der Waals surface area (Å²) in [5.74, 6) is 0.493. The molecule has 2 aromatic rings. The van der Waals surface area contributed by atoms with Crippen LogP contribution in [0.25, 0.3) is 0 Å². The fraction of sp³-hybridized carbons (Fsp3) is 0.519. The van der Waals surface area contributed by atoms with Crippen molar-refractivity contribution in [3.63, 3.8) is 0 Å². The third-order valence-electron chi connectivity index (χ3n) is 6.34. The Bertz CT molecular complexity index is 860. The van der Waals surface area contributed by atoms with Gasteiger partial charge in [0.1, 0.15) is 0 Å². The summed E-state index contributed by atoms with van der Waals surface area (Å²) in [4.78, 5) is 4.81. The van der Waals surface area contributed by atoms with Crippen molar-refractivity contribution < 1.29 is 4.74 Å². The number of rotatable bonds is 9. The zero-order valence-electron chi connectivity index (χ0n) is 20.2. The van der Waals surface area contributed by atoms with Crippen molar-refractivity contribution in [2.24, 2.45) is 0 Å². The molecule has 0 unspecified atom stereocenters. The summed E-state index contributed by atoms with van der Waals surface area (Å²) >= 11 is 5.92. The van der Waals surface area contributed by atoms with E-state index in [2.05, 4.69) is 85.3 Å². The molecule has 2 aromatic carbocycles. The zero-order chi connectivity index (χ0) is 22.9. The average Bonchev–Trinajstić information content (AvgIpc) is 2.80. The Morgan fingerprint density at radius 3 is 2.44 bits per heavy atom. The van der Waals surface area contributed by atoms with Crippen molar-refractivity contribution in [1.29, 1.82) is 0 Å². The van der Waals surface area contributed by atoms with Gasteiger partial charge in [0, 0.05) is 38.4 Å². The molecule has 0 atom stereocenters. The number of benzene rings is 2. The number of ether oxygens (including phenoxy) is 1. The Morgan fingerprint density at radius 2 is 1.78 bits per heavy atom. The van der Waals surface area contributed by atoms with Gasteiger partial charge in [0.25, 0.3) is 0 Å². The molecule has 5 heteroatoms. The summed E-state index contributed by atoms with van der Waals surface area (Å²) in [5.41, 5.74) is 6.43. The summed E-state index contributed by atoms with van der Waals surface area (Å²) in [6, 6.07) is 15.4. The minimum atomic E-state index is 0.493. The molecule has 0 bridgehead atoms. The largest absolute Gasteiger partial charge is 0.379 e. The standard InChI is InChI=1S/C27H39N3OS/c1-5-23-10-12-24(13-11-23)20-30(15-7-14-29-16-18-31-19-17-29)27(32)28-26-9-6-8-25(21(2)3)22(26)4/h6,8-13,21H,5,7,14-20H2,1-4H3,(H,28,32). The molecule has 1 aliphatic heterocycles. The topological polar surface area (TPSA) is 27.7 Å². The number of nitrogens with one attached hydrogen (secondary N) is 1. The SMILES string of the molecule is CCc1ccc(CN(CCCN2CCOCC2)C(=S)Nc2cccc(C(C)C)c2C)cc1. The minimum Gasteiger partial charge on any atom is -0.379 e. The smallest absolute Gasteiger partial charge is 0.173 e. The van der Waals surface area contributed by atoms with Gasteiger partial charge in [0.05, 0.1) is 13.2 Å². The second-order valence-corrected chi connectivity index (χ2v) is 9.39. The van der Waals surface area contributed by atoms with E-state index in [4.69, 9.17) is 17.0 Å². The molecule has 1 aliphatic rings. The summed E-state index contributed by atoms with van der Waals surface area (Å²) in [6.45, 7) is 15.4. The van der Waals surface area contributed by atoms with Crippen molar-refractivity contribution in [2.45, 2.75) is 53.0 Å². The lowest BCUT2D eigenvalue weighted by Crippen LogP contribution is -2.40. The van der Waals surface area contributed by atoms with E-state index in [-0.39, 0.29) is 0 Å². The molecule has 1 fully saturated rings. The number of hydrogen-bond donors (Lipinski definition) is 1. The lowest BCUT2D eigenvalue weighted by Gasteiger charge is -2.30. The number of aryl methyl sites for hydroxylation is 1. The first-order chi connectivity index (χ1) is 15.5. The van der Waals surface area contributed by atoms with Crippen molar-refractivity contribution >= 4 is 23.0 Å². The van der Waals surface area contributed by atoms with E-state index in [1.54, 1.807) is 0 Å². The van der Waals surface area contributed by atoms with Crippen molar-refractivity contribution in [3.8, 4) is 0 Å². The van der Waals surface area contributed by atoms with E-state index in [0.717, 1.165) is 69.6 Å². The second-order valence-electron chi connectivity index (χ2n) is 9.00. The molecule has 0 aliphatic carbocycles. The highest BCUT2D eigenvalue weighted by atomic mass is 32.1. The van der Waals surface area contributed by atoms with E-state index in [1.807, 2.05) is 0 Å². The average molecular weight is 454 g/mol. The third-order valence-corrected chi connectivity index (χ3v) is 6.70. The Labute approximate surface area is 199 Å². The van der Waals surface area contributed by atoms with Crippen LogP contribution in [0.5, 0.6) is 0 Å². The molecule has 3 rings (SSSR count). The van der Waals surface area contributed by atoms with Gasteiger partial charge in [-0.25, -0.2) is 0 Å². The highest BCUT2D eigenvalue weighted by Gasteiger charge is 2.15. The molecule has 174 valence electrons. The Balaban J connectivity index is 1.69. The van der Waals surface area contributed by atoms with Crippen LogP contribution < -0.4 is 5.32 Å². The van der Waals surface area contributed by atoms with Crippen LogP contribution in [0.4, 0.5) is 5.69 Å². The molecule has 0 amide bonds. The van der Waals surface area contributed by atoms with Crippen LogP contribution in [-0.2, 0) is 17.7 Å². The summed E-state index contributed by atoms with van der Waals surface area (Å²) in [6.07, 6.45) is 2.15. The predicted molar refractivity (Wildman–Crippen MR) is 140 cm³/mol. The quantitative estimate of drug-likeness (QED) is 0.499. The van der Waals surface area contributed by atoms with Crippen LogP contribution >= 0.6 is 12.2 Å². The van der Waals surface area contributed by atoms with Gasteiger partial charge >= 0.3 is 0 Å². The van der Waals surface area contributed by atoms with Gasteiger partial charge in [0.15, 0.2) is 5.11 Å². The molecule has 4 nitrogen and oxygen atoms in total. The molecule has 32 heavy (non-hydrogen) atoms. The first kappa shape index (κ1) is 24.7. The number of nitrogens with zero attached hydrogens (tertiary/aromatic N) is 2. The molecular weight excluding hydrogens is 414 g/mol. The lowest BCUT2D eigenvalue weighted by molar-refractivity contribution is 0.0368. The van der Waals surface area contributed by atoms with Crippen molar-refractivity contribution in [3.05, 3.63) is 64.7 Å². The summed E-state index contributed by atoms with van der Waals surface area (Å²) in [5, 5.41) is 4.36. The maximum Gasteiger partial charge on any atom is 0.173 e. The molecular formula is C27H39N3OS. The van der Waals surface area contributed by atoms with Gasteiger partial charge in [-0.3, -0.25) is 4.90 Å². The van der Waals surface area contributed by atoms with E-state index in [0.29, 0.717) is 5.92 Å². The Kier molecular flexibility index (Phi) is 9.51. The summed E-state index contributed by atoms with van der Waals surface area (Å²) < 4.78 is 5.48. The van der Waals surface area contributed by atoms with Crippen molar-refractivity contribution in [2.75, 3.05) is 44.7 Å². The molecule has 0 saturated carbocycles. The first-order valence-electron chi connectivity index (χ1n) is 12.0. The lowest BCUT2D eigenvalue weighted by atomic mass is 9.97. The van der Waals surface area contributed by atoms with Gasteiger partial charge in [-0.05, 0) is 66.2 Å². The maximum absolute atomic E-state index is 5.92. The Hall–Kier alpha value is -1.95. The minimum absolute atomic E-state index is 0.493. The highest BCUT2D eigenvalue weighted by molar-refractivity contribution is 7.80. The van der Waals surface area contributed by atoms with Crippen LogP contribution in [0.15, 0.2) is 42.5 Å². The molecule has 1 N–H and O–H groups in total. The van der Waals surface area contributed by atoms with Crippen LogP contribution in [0.1, 0.15) is 55.4 Å².